The number of esters is 1. The van der Waals surface area contributed by atoms with Crippen molar-refractivity contribution in [1.82, 2.24) is 0 Å². The van der Waals surface area contributed by atoms with E-state index in [4.69, 9.17) is 14.2 Å². The number of carbonyl (C=O) groups excluding carboxylic acids is 1. The maximum absolute atomic E-state index is 12.3. The molecule has 0 amide bonds. The highest BCUT2D eigenvalue weighted by Crippen LogP contribution is 2.44. The van der Waals surface area contributed by atoms with Gasteiger partial charge < -0.3 is 29.5 Å². The van der Waals surface area contributed by atoms with Gasteiger partial charge in [0, 0.05) is 5.57 Å². The van der Waals surface area contributed by atoms with Crippen molar-refractivity contribution in [3.63, 3.8) is 0 Å². The Balaban J connectivity index is 1.99. The molecule has 3 N–H and O–H groups in total. The Bertz CT molecular complexity index is 797. The largest absolute Gasteiger partial charge is 0.508 e. The van der Waals surface area contributed by atoms with E-state index in [1.54, 1.807) is 13.8 Å². The van der Waals surface area contributed by atoms with Crippen LogP contribution in [0.5, 0.6) is 0 Å². The van der Waals surface area contributed by atoms with Gasteiger partial charge in [0.15, 0.2) is 6.29 Å². The Labute approximate surface area is 249 Å². The Morgan fingerprint density at radius 3 is 1.78 bits per heavy atom. The number of hydrogen-bond donors (Lipinski definition) is 3. The van der Waals surface area contributed by atoms with Crippen molar-refractivity contribution < 1.29 is 34.3 Å². The summed E-state index contributed by atoms with van der Waals surface area (Å²) in [5, 5.41) is 29.9. The zero-order valence-corrected chi connectivity index (χ0v) is 26.1. The lowest BCUT2D eigenvalue weighted by Crippen LogP contribution is -2.41. The van der Waals surface area contributed by atoms with Crippen LogP contribution in [0.15, 0.2) is 36.6 Å². The predicted octanol–water partition coefficient (Wildman–Crippen LogP) is 7.38. The molecule has 7 nitrogen and oxygen atoms in total. The quantitative estimate of drug-likeness (QED) is 0.0367. The van der Waals surface area contributed by atoms with E-state index >= 15 is 0 Å². The van der Waals surface area contributed by atoms with Gasteiger partial charge in [-0.05, 0) is 81.6 Å². The SMILES string of the molecule is C=C(C)C(=O)OCC(CCC1CCC(C2CCC(CCCCC)CC2)CC1)(COC(O)C(=C)C)COC(O)C(=C)O. The molecular formula is C34H58O7. The molecule has 0 aliphatic heterocycles. The monoisotopic (exact) mass is 578 g/mol. The van der Waals surface area contributed by atoms with Gasteiger partial charge in [0.1, 0.15) is 12.4 Å². The van der Waals surface area contributed by atoms with E-state index in [0.717, 1.165) is 24.2 Å². The highest BCUT2D eigenvalue weighted by atomic mass is 16.6. The minimum Gasteiger partial charge on any atom is -0.508 e. The molecule has 2 fully saturated rings. The summed E-state index contributed by atoms with van der Waals surface area (Å²) < 4.78 is 16.8. The van der Waals surface area contributed by atoms with Crippen LogP contribution in [0, 0.1) is 29.1 Å². The maximum Gasteiger partial charge on any atom is 0.333 e. The summed E-state index contributed by atoms with van der Waals surface area (Å²) in [6, 6.07) is 0. The number of aliphatic hydroxyl groups is 3. The number of hydrogen-bond acceptors (Lipinski definition) is 7. The molecule has 0 spiro atoms. The lowest BCUT2D eigenvalue weighted by molar-refractivity contribution is -0.174. The van der Waals surface area contributed by atoms with Crippen LogP contribution in [0.1, 0.15) is 111 Å². The number of aliphatic hydroxyl groups excluding tert-OH is 3. The third-order valence-electron chi connectivity index (χ3n) is 9.41. The first-order valence-electron chi connectivity index (χ1n) is 15.9. The van der Waals surface area contributed by atoms with Crippen molar-refractivity contribution in [3.05, 3.63) is 36.6 Å². The van der Waals surface area contributed by atoms with Gasteiger partial charge in [0.2, 0.25) is 6.29 Å². The summed E-state index contributed by atoms with van der Waals surface area (Å²) in [4.78, 5) is 12.3. The molecule has 3 unspecified atom stereocenters. The molecular weight excluding hydrogens is 520 g/mol. The topological polar surface area (TPSA) is 105 Å². The van der Waals surface area contributed by atoms with Crippen LogP contribution in [-0.2, 0) is 19.0 Å². The highest BCUT2D eigenvalue weighted by Gasteiger charge is 2.37. The minimum atomic E-state index is -1.57. The van der Waals surface area contributed by atoms with E-state index in [9.17, 15) is 20.1 Å². The molecule has 0 aromatic rings. The smallest absolute Gasteiger partial charge is 0.333 e. The molecule has 2 saturated carbocycles. The lowest BCUT2D eigenvalue weighted by Gasteiger charge is -2.39. The number of ether oxygens (including phenoxy) is 3. The van der Waals surface area contributed by atoms with E-state index in [1.165, 1.54) is 77.0 Å². The average Bonchev–Trinajstić information content (AvgIpc) is 2.96. The Hall–Kier alpha value is -1.67. The molecule has 0 bridgehead atoms. The van der Waals surface area contributed by atoms with Crippen LogP contribution in [0.25, 0.3) is 0 Å². The first-order chi connectivity index (χ1) is 19.5. The molecule has 0 heterocycles. The molecule has 7 heteroatoms. The van der Waals surface area contributed by atoms with Gasteiger partial charge in [-0.1, -0.05) is 78.0 Å². The van der Waals surface area contributed by atoms with Crippen molar-refractivity contribution >= 4 is 5.97 Å². The molecule has 0 aromatic carbocycles. The zero-order valence-electron chi connectivity index (χ0n) is 26.1. The van der Waals surface area contributed by atoms with Gasteiger partial charge in [0.25, 0.3) is 0 Å². The molecule has 2 aliphatic carbocycles. The van der Waals surface area contributed by atoms with Gasteiger partial charge in [-0.15, -0.1) is 0 Å². The predicted molar refractivity (Wildman–Crippen MR) is 163 cm³/mol. The van der Waals surface area contributed by atoms with Gasteiger partial charge in [-0.2, -0.15) is 0 Å². The molecule has 2 aliphatic rings. The summed E-state index contributed by atoms with van der Waals surface area (Å²) in [6.45, 7) is 16.2. The number of rotatable bonds is 19. The third-order valence-corrected chi connectivity index (χ3v) is 9.41. The second-order valence-electron chi connectivity index (χ2n) is 13.1. The number of unbranched alkanes of at least 4 members (excludes halogenated alkanes) is 2. The summed E-state index contributed by atoms with van der Waals surface area (Å²) in [6.07, 6.45) is 14.7. The van der Waals surface area contributed by atoms with Crippen LogP contribution >= 0.6 is 0 Å². The standard InChI is InChI=1S/C34H58O7/c1-7-8-9-10-27-11-15-29(16-12-27)30-17-13-28(14-18-30)19-20-34(21-39-31(36)24(2)3,22-40-32(37)25(4)5)23-41-33(38)26(6)35/h27-31,33,35-36,38H,2,4,6-23H2,1,3,5H3. The second kappa shape index (κ2) is 18.1. The van der Waals surface area contributed by atoms with E-state index in [-0.39, 0.29) is 25.4 Å². The van der Waals surface area contributed by atoms with Gasteiger partial charge >= 0.3 is 5.97 Å². The van der Waals surface area contributed by atoms with Crippen LogP contribution < -0.4 is 0 Å². The first-order valence-corrected chi connectivity index (χ1v) is 15.9. The third kappa shape index (κ3) is 12.6. The average molecular weight is 579 g/mol. The van der Waals surface area contributed by atoms with Crippen molar-refractivity contribution in [1.29, 1.82) is 0 Å². The summed E-state index contributed by atoms with van der Waals surface area (Å²) in [5.41, 5.74) is -0.124. The summed E-state index contributed by atoms with van der Waals surface area (Å²) >= 11 is 0. The van der Waals surface area contributed by atoms with Crippen LogP contribution in [0.4, 0.5) is 0 Å². The fraction of sp³-hybridized carbons (Fsp3) is 0.794. The Morgan fingerprint density at radius 1 is 0.805 bits per heavy atom. The Morgan fingerprint density at radius 2 is 1.32 bits per heavy atom. The van der Waals surface area contributed by atoms with Crippen LogP contribution in [-0.4, -0.2) is 53.7 Å². The van der Waals surface area contributed by atoms with Crippen molar-refractivity contribution in [2.75, 3.05) is 19.8 Å². The maximum atomic E-state index is 12.3. The highest BCUT2D eigenvalue weighted by molar-refractivity contribution is 5.86. The van der Waals surface area contributed by atoms with Gasteiger partial charge in [-0.25, -0.2) is 4.79 Å². The zero-order chi connectivity index (χ0) is 30.4. The molecule has 41 heavy (non-hydrogen) atoms. The van der Waals surface area contributed by atoms with Crippen molar-refractivity contribution in [2.24, 2.45) is 29.1 Å². The van der Waals surface area contributed by atoms with Gasteiger partial charge in [-0.3, -0.25) is 0 Å². The molecule has 3 atom stereocenters. The first kappa shape index (κ1) is 35.5. The van der Waals surface area contributed by atoms with E-state index in [0.29, 0.717) is 17.9 Å². The van der Waals surface area contributed by atoms with Crippen LogP contribution in [0.3, 0.4) is 0 Å². The summed E-state index contributed by atoms with van der Waals surface area (Å²) in [5.74, 6) is 2.15. The Kier molecular flexibility index (Phi) is 15.7. The lowest BCUT2D eigenvalue weighted by atomic mass is 9.67. The van der Waals surface area contributed by atoms with E-state index < -0.39 is 29.7 Å². The van der Waals surface area contributed by atoms with Crippen molar-refractivity contribution in [2.45, 2.75) is 123 Å². The van der Waals surface area contributed by atoms with Gasteiger partial charge in [0.05, 0.1) is 18.6 Å². The van der Waals surface area contributed by atoms with E-state index in [1.807, 2.05) is 0 Å². The molecule has 0 saturated heterocycles. The molecule has 0 aromatic heterocycles. The fourth-order valence-corrected chi connectivity index (χ4v) is 6.52. The fourth-order valence-electron chi connectivity index (χ4n) is 6.52. The molecule has 0 radical (unpaired) electrons. The number of carbonyl (C=O) groups is 1. The van der Waals surface area contributed by atoms with Crippen LogP contribution in [0.2, 0.25) is 0 Å². The van der Waals surface area contributed by atoms with Crippen molar-refractivity contribution in [3.8, 4) is 0 Å². The summed E-state index contributed by atoms with van der Waals surface area (Å²) in [7, 11) is 0. The van der Waals surface area contributed by atoms with E-state index in [2.05, 4.69) is 26.7 Å². The normalized spacial score (nSPS) is 26.0. The minimum absolute atomic E-state index is 0.0198. The second-order valence-corrected chi connectivity index (χ2v) is 13.1. The molecule has 2 rings (SSSR count). The molecule has 236 valence electrons.